The van der Waals surface area contributed by atoms with Gasteiger partial charge in [-0.15, -0.1) is 0 Å². The second-order valence-electron chi connectivity index (χ2n) is 6.58. The van der Waals surface area contributed by atoms with Crippen LogP contribution in [0.3, 0.4) is 0 Å². The largest absolute Gasteiger partial charge is 0.480 e. The number of benzene rings is 1. The zero-order valence-corrected chi connectivity index (χ0v) is 12.9. The number of carboxylic acid groups (broad SMARTS) is 1. The molecular formula is C16H20FNO4. The van der Waals surface area contributed by atoms with Crippen molar-refractivity contribution < 1.29 is 23.8 Å². The van der Waals surface area contributed by atoms with Gasteiger partial charge in [0.1, 0.15) is 17.5 Å². The molecule has 0 bridgehead atoms. The first-order valence-corrected chi connectivity index (χ1v) is 7.12. The summed E-state index contributed by atoms with van der Waals surface area (Å²) in [5, 5.41) is 11.9. The van der Waals surface area contributed by atoms with Crippen LogP contribution in [0.25, 0.3) is 0 Å². The summed E-state index contributed by atoms with van der Waals surface area (Å²) in [7, 11) is 0. The summed E-state index contributed by atoms with van der Waals surface area (Å²) in [5.74, 6) is -1.51. The maximum absolute atomic E-state index is 13.0. The second kappa shape index (κ2) is 5.59. The Bertz CT molecular complexity index is 573. The molecule has 0 heterocycles. The van der Waals surface area contributed by atoms with E-state index in [0.717, 1.165) is 0 Å². The lowest BCUT2D eigenvalue weighted by molar-refractivity contribution is -0.140. The van der Waals surface area contributed by atoms with E-state index in [1.807, 2.05) is 0 Å². The van der Waals surface area contributed by atoms with E-state index in [0.29, 0.717) is 18.4 Å². The summed E-state index contributed by atoms with van der Waals surface area (Å²) in [6.45, 7) is 5.11. The Labute approximate surface area is 128 Å². The number of hydrogen-bond acceptors (Lipinski definition) is 3. The Kier molecular flexibility index (Phi) is 4.13. The van der Waals surface area contributed by atoms with E-state index in [1.165, 1.54) is 12.1 Å². The minimum Gasteiger partial charge on any atom is -0.480 e. The van der Waals surface area contributed by atoms with E-state index in [-0.39, 0.29) is 5.82 Å². The Morgan fingerprint density at radius 2 is 1.82 bits per heavy atom. The smallest absolute Gasteiger partial charge is 0.408 e. The van der Waals surface area contributed by atoms with E-state index in [1.54, 1.807) is 32.9 Å². The maximum Gasteiger partial charge on any atom is 0.408 e. The Morgan fingerprint density at radius 1 is 1.27 bits per heavy atom. The number of aliphatic carboxylic acids is 1. The molecule has 0 spiro atoms. The van der Waals surface area contributed by atoms with Crippen molar-refractivity contribution in [3.05, 3.63) is 35.6 Å². The van der Waals surface area contributed by atoms with Gasteiger partial charge in [0.2, 0.25) is 0 Å². The molecule has 1 saturated carbocycles. The average Bonchev–Trinajstić information content (AvgIpc) is 3.15. The standard InChI is InChI=1S/C16H20FNO4/c1-15(2,3)22-14(21)18-12(13(19)20)16(8-9-16)10-4-6-11(17)7-5-10/h4-7,12H,8-9H2,1-3H3,(H,18,21)(H,19,20). The predicted molar refractivity (Wildman–Crippen MR) is 78.1 cm³/mol. The molecular weight excluding hydrogens is 289 g/mol. The summed E-state index contributed by atoms with van der Waals surface area (Å²) in [4.78, 5) is 23.5. The highest BCUT2D eigenvalue weighted by Gasteiger charge is 2.55. The van der Waals surface area contributed by atoms with Crippen LogP contribution < -0.4 is 5.32 Å². The third kappa shape index (κ3) is 3.55. The highest BCUT2D eigenvalue weighted by atomic mass is 19.1. The highest BCUT2D eigenvalue weighted by molar-refractivity contribution is 5.83. The summed E-state index contributed by atoms with van der Waals surface area (Å²) < 4.78 is 18.2. The molecule has 0 aromatic heterocycles. The molecule has 2 N–H and O–H groups in total. The zero-order valence-electron chi connectivity index (χ0n) is 12.9. The monoisotopic (exact) mass is 309 g/mol. The number of amides is 1. The first kappa shape index (κ1) is 16.3. The number of carbonyl (C=O) groups excluding carboxylic acids is 1. The molecule has 5 nitrogen and oxygen atoms in total. The third-order valence-corrected chi connectivity index (χ3v) is 3.67. The van der Waals surface area contributed by atoms with Crippen LogP contribution in [-0.2, 0) is 14.9 Å². The molecule has 2 rings (SSSR count). The van der Waals surface area contributed by atoms with Gasteiger partial charge in [0, 0.05) is 5.41 Å². The van der Waals surface area contributed by atoms with Gasteiger partial charge in [-0.05, 0) is 51.3 Å². The minimum absolute atomic E-state index is 0.383. The Morgan fingerprint density at radius 3 is 2.23 bits per heavy atom. The topological polar surface area (TPSA) is 75.6 Å². The number of hydrogen-bond donors (Lipinski definition) is 2. The van der Waals surface area contributed by atoms with E-state index < -0.39 is 29.1 Å². The van der Waals surface area contributed by atoms with Gasteiger partial charge in [0.05, 0.1) is 0 Å². The Hall–Kier alpha value is -2.11. The maximum atomic E-state index is 13.0. The lowest BCUT2D eigenvalue weighted by Gasteiger charge is -2.27. The molecule has 0 saturated heterocycles. The molecule has 1 fully saturated rings. The molecule has 1 aromatic rings. The van der Waals surface area contributed by atoms with Gasteiger partial charge >= 0.3 is 12.1 Å². The number of carboxylic acids is 1. The van der Waals surface area contributed by atoms with Crippen molar-refractivity contribution in [2.75, 3.05) is 0 Å². The molecule has 1 amide bonds. The number of carbonyl (C=O) groups is 2. The summed E-state index contributed by atoms with van der Waals surface area (Å²) in [5.41, 5.74) is -0.701. The van der Waals surface area contributed by atoms with E-state index in [9.17, 15) is 19.1 Å². The highest BCUT2D eigenvalue weighted by Crippen LogP contribution is 2.51. The summed E-state index contributed by atoms with van der Waals surface area (Å²) in [6.07, 6.45) is 0.463. The first-order chi connectivity index (χ1) is 10.1. The number of rotatable bonds is 4. The van der Waals surface area contributed by atoms with E-state index in [2.05, 4.69) is 5.32 Å². The lowest BCUT2D eigenvalue weighted by Crippen LogP contribution is -2.50. The summed E-state index contributed by atoms with van der Waals surface area (Å²) in [6, 6.07) is 4.61. The van der Waals surface area contributed by atoms with Gasteiger partial charge < -0.3 is 15.2 Å². The fourth-order valence-electron chi connectivity index (χ4n) is 2.52. The van der Waals surface area contributed by atoms with E-state index >= 15 is 0 Å². The van der Waals surface area contributed by atoms with Crippen LogP contribution in [0.5, 0.6) is 0 Å². The molecule has 22 heavy (non-hydrogen) atoms. The van der Waals surface area contributed by atoms with Crippen LogP contribution >= 0.6 is 0 Å². The number of halogens is 1. The molecule has 0 aliphatic heterocycles. The molecule has 1 aliphatic carbocycles. The molecule has 1 aliphatic rings. The molecule has 120 valence electrons. The normalized spacial score (nSPS) is 17.5. The van der Waals surface area contributed by atoms with Crippen molar-refractivity contribution in [2.24, 2.45) is 0 Å². The minimum atomic E-state index is -1.13. The summed E-state index contributed by atoms with van der Waals surface area (Å²) >= 11 is 0. The van der Waals surface area contributed by atoms with Crippen LogP contribution in [0.1, 0.15) is 39.2 Å². The zero-order chi connectivity index (χ0) is 16.5. The second-order valence-corrected chi connectivity index (χ2v) is 6.58. The Balaban J connectivity index is 2.19. The quantitative estimate of drug-likeness (QED) is 0.896. The van der Waals surface area contributed by atoms with Gasteiger partial charge in [-0.25, -0.2) is 14.0 Å². The van der Waals surface area contributed by atoms with Crippen molar-refractivity contribution >= 4 is 12.1 Å². The molecule has 0 radical (unpaired) electrons. The van der Waals surface area contributed by atoms with Crippen molar-refractivity contribution in [3.8, 4) is 0 Å². The average molecular weight is 309 g/mol. The van der Waals surface area contributed by atoms with Crippen LogP contribution in [0.15, 0.2) is 24.3 Å². The van der Waals surface area contributed by atoms with E-state index in [4.69, 9.17) is 4.74 Å². The van der Waals surface area contributed by atoms with Gasteiger partial charge in [-0.3, -0.25) is 0 Å². The van der Waals surface area contributed by atoms with Gasteiger partial charge in [-0.1, -0.05) is 12.1 Å². The van der Waals surface area contributed by atoms with Gasteiger partial charge in [-0.2, -0.15) is 0 Å². The van der Waals surface area contributed by atoms with Crippen LogP contribution in [-0.4, -0.2) is 28.8 Å². The van der Waals surface area contributed by atoms with Gasteiger partial charge in [0.25, 0.3) is 0 Å². The number of ether oxygens (including phenoxy) is 1. The predicted octanol–water partition coefficient (Wildman–Crippen LogP) is 2.84. The van der Waals surface area contributed by atoms with Crippen molar-refractivity contribution in [2.45, 2.75) is 50.7 Å². The molecule has 1 unspecified atom stereocenters. The first-order valence-electron chi connectivity index (χ1n) is 7.12. The SMILES string of the molecule is CC(C)(C)OC(=O)NC(C(=O)O)C1(c2ccc(F)cc2)CC1. The molecule has 6 heteroatoms. The van der Waals surface area contributed by atoms with Gasteiger partial charge in [0.15, 0.2) is 0 Å². The van der Waals surface area contributed by atoms with Crippen LogP contribution in [0, 0.1) is 5.82 Å². The lowest BCUT2D eigenvalue weighted by atomic mass is 9.88. The fraction of sp³-hybridized carbons (Fsp3) is 0.500. The number of alkyl carbamates (subject to hydrolysis) is 1. The van der Waals surface area contributed by atoms with Crippen molar-refractivity contribution in [1.29, 1.82) is 0 Å². The van der Waals surface area contributed by atoms with Crippen LogP contribution in [0.4, 0.5) is 9.18 Å². The molecule has 1 atom stereocenters. The third-order valence-electron chi connectivity index (χ3n) is 3.67. The van der Waals surface area contributed by atoms with Crippen LogP contribution in [0.2, 0.25) is 0 Å². The van der Waals surface area contributed by atoms with Crippen molar-refractivity contribution in [1.82, 2.24) is 5.32 Å². The fourth-order valence-corrected chi connectivity index (χ4v) is 2.52. The number of nitrogens with one attached hydrogen (secondary N) is 1. The molecule has 1 aromatic carbocycles. The van der Waals surface area contributed by atoms with Crippen molar-refractivity contribution in [3.63, 3.8) is 0 Å².